The molecule has 1 aromatic rings. The van der Waals surface area contributed by atoms with Gasteiger partial charge in [-0.25, -0.2) is 0 Å². The molecule has 20 nitrogen and oxygen atoms in total. The first-order valence-electron chi connectivity index (χ1n) is 21.5. The summed E-state index contributed by atoms with van der Waals surface area (Å²) in [6, 6.07) is 5.62. The summed E-state index contributed by atoms with van der Waals surface area (Å²) >= 11 is 0. The number of amides is 2. The summed E-state index contributed by atoms with van der Waals surface area (Å²) in [6.45, 7) is 10.2. The molecule has 362 valence electrons. The fourth-order valence-corrected chi connectivity index (χ4v) is 6.94. The van der Waals surface area contributed by atoms with Crippen LogP contribution in [0.25, 0.3) is 0 Å². The Morgan fingerprint density at radius 1 is 0.455 bits per heavy atom. The van der Waals surface area contributed by atoms with Crippen molar-refractivity contribution in [1.29, 1.82) is 0 Å². The van der Waals surface area contributed by atoms with Crippen LogP contribution >= 0.6 is 0 Å². The number of carbonyl (C=O) groups is 8. The Morgan fingerprint density at radius 2 is 0.758 bits per heavy atom. The number of ether oxygens (including phenoxy) is 10. The van der Waals surface area contributed by atoms with Gasteiger partial charge < -0.3 is 58.0 Å². The number of esters is 6. The second kappa shape index (κ2) is 28.1. The first-order chi connectivity index (χ1) is 31.4. The van der Waals surface area contributed by atoms with Crippen LogP contribution in [0, 0.1) is 23.7 Å². The fraction of sp³-hybridized carbons (Fsp3) is 0.609. The van der Waals surface area contributed by atoms with Crippen molar-refractivity contribution < 1.29 is 85.7 Å². The Bertz CT molecular complexity index is 1830. The number of anilines is 2. The van der Waals surface area contributed by atoms with Crippen LogP contribution in [0.3, 0.4) is 0 Å². The molecule has 0 radical (unpaired) electrons. The molecule has 0 aromatic heterocycles. The summed E-state index contributed by atoms with van der Waals surface area (Å²) in [5.74, 6) is 4.91. The molecule has 3 rings (SSSR count). The minimum absolute atomic E-state index is 0.0997. The van der Waals surface area contributed by atoms with E-state index in [0.717, 1.165) is 67.2 Å². The Morgan fingerprint density at radius 3 is 1.06 bits per heavy atom. The lowest BCUT2D eigenvalue weighted by atomic mass is 9.97. The van der Waals surface area contributed by atoms with Crippen LogP contribution in [0.5, 0.6) is 0 Å². The number of nitrogens with one attached hydrogen (secondary N) is 2. The highest BCUT2D eigenvalue weighted by molar-refractivity contribution is 5.97. The van der Waals surface area contributed by atoms with E-state index in [1.54, 1.807) is 13.8 Å². The van der Waals surface area contributed by atoms with E-state index in [0.29, 0.717) is 25.7 Å². The molecule has 2 amide bonds. The van der Waals surface area contributed by atoms with E-state index >= 15 is 0 Å². The maximum absolute atomic E-state index is 14.0. The zero-order valence-corrected chi connectivity index (χ0v) is 38.5. The minimum Gasteiger partial charge on any atom is -0.455 e. The molecule has 66 heavy (non-hydrogen) atoms. The Labute approximate surface area is 384 Å². The predicted octanol–water partition coefficient (Wildman–Crippen LogP) is 3.80. The molecule has 2 fully saturated rings. The Kier molecular flexibility index (Phi) is 23.1. The van der Waals surface area contributed by atoms with Gasteiger partial charge in [0.2, 0.25) is 0 Å². The quantitative estimate of drug-likeness (QED) is 0.0726. The Hall–Kier alpha value is -6.06. The molecular formula is C46H60N2O18. The van der Waals surface area contributed by atoms with Gasteiger partial charge in [0, 0.05) is 79.0 Å². The molecular weight excluding hydrogens is 869 g/mol. The Balaban J connectivity index is 1.87. The first-order valence-corrected chi connectivity index (χ1v) is 21.5. The van der Waals surface area contributed by atoms with Crippen LogP contribution in [0.4, 0.5) is 11.4 Å². The highest BCUT2D eigenvalue weighted by Crippen LogP contribution is 2.33. The molecule has 2 aliphatic heterocycles. The smallest absolute Gasteiger partial charge is 0.303 e. The molecule has 0 unspecified atom stereocenters. The van der Waals surface area contributed by atoms with E-state index in [2.05, 4.69) is 34.3 Å². The molecule has 10 atom stereocenters. The number of carbonyl (C=O) groups excluding carboxylic acids is 8. The van der Waals surface area contributed by atoms with Crippen molar-refractivity contribution in [2.75, 3.05) is 23.8 Å². The lowest BCUT2D eigenvalue weighted by Gasteiger charge is -2.43. The zero-order chi connectivity index (χ0) is 48.8. The lowest BCUT2D eigenvalue weighted by molar-refractivity contribution is -0.297. The van der Waals surface area contributed by atoms with Crippen LogP contribution in [0.2, 0.25) is 0 Å². The van der Waals surface area contributed by atoms with Crippen LogP contribution in [-0.2, 0) is 85.7 Å². The van der Waals surface area contributed by atoms with Crippen molar-refractivity contribution in [2.24, 2.45) is 0 Å². The van der Waals surface area contributed by atoms with Crippen molar-refractivity contribution >= 4 is 59.0 Å². The summed E-state index contributed by atoms with van der Waals surface area (Å²) in [5, 5.41) is 5.28. The molecule has 2 saturated heterocycles. The SMILES string of the molecule is CC#CCCCCCO[C@H]1O[C@H](C(=O)Nc2ccc(NC(=O)[C@H]3O[C@H](OCCCCCC#CC)[C@H](OC(C)=O)[C@@H](OC(C)=O)[C@@H]3OC(C)=O)cc2)[C@@H](OC(C)=O)[C@H](OC(C)=O)[C@H]1OC(C)=O. The number of unbranched alkanes of at least 4 members (excludes halogenated alkanes) is 6. The van der Waals surface area contributed by atoms with E-state index in [1.165, 1.54) is 24.3 Å². The molecule has 0 aliphatic carbocycles. The number of hydrogen-bond acceptors (Lipinski definition) is 18. The topological polar surface area (TPSA) is 253 Å². The molecule has 1 aromatic carbocycles. The molecule has 20 heteroatoms. The van der Waals surface area contributed by atoms with Crippen molar-refractivity contribution in [2.45, 2.75) is 168 Å². The van der Waals surface area contributed by atoms with Gasteiger partial charge in [-0.05, 0) is 63.8 Å². The summed E-state index contributed by atoms with van der Waals surface area (Å²) in [5.41, 5.74) is 0.311. The summed E-state index contributed by atoms with van der Waals surface area (Å²) in [6.07, 6.45) is -9.79. The van der Waals surface area contributed by atoms with Gasteiger partial charge in [0.05, 0.1) is 0 Å². The van der Waals surface area contributed by atoms with Gasteiger partial charge in [0.1, 0.15) is 0 Å². The average molecular weight is 929 g/mol. The third-order valence-corrected chi connectivity index (χ3v) is 9.55. The molecule has 0 saturated carbocycles. The third-order valence-electron chi connectivity index (χ3n) is 9.55. The van der Waals surface area contributed by atoms with Crippen LogP contribution in [0.1, 0.15) is 107 Å². The molecule has 0 spiro atoms. The van der Waals surface area contributed by atoms with Crippen molar-refractivity contribution in [1.82, 2.24) is 0 Å². The number of hydrogen-bond donors (Lipinski definition) is 2. The van der Waals surface area contributed by atoms with Gasteiger partial charge in [0.25, 0.3) is 11.8 Å². The largest absolute Gasteiger partial charge is 0.455 e. The second-order valence-electron chi connectivity index (χ2n) is 15.1. The highest BCUT2D eigenvalue weighted by atomic mass is 16.7. The molecule has 2 N–H and O–H groups in total. The van der Waals surface area contributed by atoms with E-state index in [9.17, 15) is 38.4 Å². The van der Waals surface area contributed by atoms with E-state index in [-0.39, 0.29) is 24.6 Å². The highest BCUT2D eigenvalue weighted by Gasteiger charge is 2.56. The van der Waals surface area contributed by atoms with Crippen molar-refractivity contribution in [3.63, 3.8) is 0 Å². The van der Waals surface area contributed by atoms with Gasteiger partial charge >= 0.3 is 35.8 Å². The minimum atomic E-state index is -1.66. The lowest BCUT2D eigenvalue weighted by Crippen LogP contribution is -2.64. The van der Waals surface area contributed by atoms with Crippen molar-refractivity contribution in [3.8, 4) is 23.7 Å². The fourth-order valence-electron chi connectivity index (χ4n) is 6.94. The predicted molar refractivity (Wildman–Crippen MR) is 230 cm³/mol. The van der Waals surface area contributed by atoms with Gasteiger partial charge in [-0.2, -0.15) is 0 Å². The second-order valence-corrected chi connectivity index (χ2v) is 15.1. The maximum atomic E-state index is 14.0. The van der Waals surface area contributed by atoms with E-state index < -0.39 is 109 Å². The first kappa shape index (κ1) is 54.3. The summed E-state index contributed by atoms with van der Waals surface area (Å²) < 4.78 is 56.7. The van der Waals surface area contributed by atoms with E-state index in [4.69, 9.17) is 47.4 Å². The molecule has 2 aliphatic rings. The normalized spacial score (nSPS) is 24.3. The summed E-state index contributed by atoms with van der Waals surface area (Å²) in [7, 11) is 0. The third kappa shape index (κ3) is 18.1. The van der Waals surface area contributed by atoms with Crippen molar-refractivity contribution in [3.05, 3.63) is 24.3 Å². The monoisotopic (exact) mass is 928 g/mol. The summed E-state index contributed by atoms with van der Waals surface area (Å²) in [4.78, 5) is 102. The van der Waals surface area contributed by atoms with Gasteiger partial charge in [-0.15, -0.1) is 23.7 Å². The molecule has 0 bridgehead atoms. The number of rotatable bonds is 22. The van der Waals surface area contributed by atoms with Gasteiger partial charge in [-0.3, -0.25) is 38.4 Å². The van der Waals surface area contributed by atoms with Gasteiger partial charge in [-0.1, -0.05) is 12.8 Å². The average Bonchev–Trinajstić information content (AvgIpc) is 3.23. The zero-order valence-electron chi connectivity index (χ0n) is 38.5. The van der Waals surface area contributed by atoms with Crippen LogP contribution < -0.4 is 10.6 Å². The van der Waals surface area contributed by atoms with Gasteiger partial charge in [0.15, 0.2) is 61.4 Å². The van der Waals surface area contributed by atoms with Crippen LogP contribution in [0.15, 0.2) is 24.3 Å². The molecule has 2 heterocycles. The van der Waals surface area contributed by atoms with Crippen LogP contribution in [-0.4, -0.2) is 122 Å². The van der Waals surface area contributed by atoms with E-state index in [1.807, 2.05) is 0 Å². The number of benzene rings is 1. The maximum Gasteiger partial charge on any atom is 0.303 e. The standard InChI is InChI=1S/C46H60N2O18/c1-9-11-13-15-17-19-25-57-45-41(63-31(7)53)37(61-29(5)51)35(59-27(3)49)39(65-45)43(55)47-33-21-23-34(24-22-33)48-44(56)40-36(60-28(4)50)38(62-30(6)52)42(64-32(8)54)46(66-40)58-26-20-18-16-14-12-10-2/h21-24,35-42,45-46H,13-20,25-26H2,1-8H3,(H,47,55)(H,48,56)/t35-,36-,37-,38-,39-,40-,41+,42+,45-,46-/m0/s1.